The molecular weight excluding hydrogens is 227 g/mol. The molecule has 1 N–H and O–H groups in total. The van der Waals surface area contributed by atoms with Crippen molar-refractivity contribution in [1.82, 2.24) is 9.97 Å². The molecule has 2 aromatic carbocycles. The summed E-state index contributed by atoms with van der Waals surface area (Å²) in [5.74, 6) is 0.337. The monoisotopic (exact) mass is 240 g/mol. The van der Waals surface area contributed by atoms with Crippen LogP contribution < -0.4 is 0 Å². The third-order valence-corrected chi connectivity index (χ3v) is 3.09. The van der Waals surface area contributed by atoms with Crippen LogP contribution >= 0.6 is 0 Å². The third-order valence-electron chi connectivity index (χ3n) is 3.09. The fourth-order valence-electron chi connectivity index (χ4n) is 2.12. The Morgan fingerprint density at radius 1 is 1.11 bits per heavy atom. The van der Waals surface area contributed by atoms with Crippen LogP contribution in [0.2, 0.25) is 0 Å². The standard InChI is InChI=1S/C15H13FN2/c1-9-6-7-11(12(16)8-9)15-17-13-5-3-4-10(2)14(13)18-15/h3-8H,1-2H3,(H,17,18). The van der Waals surface area contributed by atoms with Gasteiger partial charge in [-0.2, -0.15) is 0 Å². The van der Waals surface area contributed by atoms with Crippen LogP contribution in [0.5, 0.6) is 0 Å². The summed E-state index contributed by atoms with van der Waals surface area (Å²) >= 11 is 0. The van der Waals surface area contributed by atoms with E-state index in [1.54, 1.807) is 6.07 Å². The van der Waals surface area contributed by atoms with Crippen molar-refractivity contribution in [1.29, 1.82) is 0 Å². The maximum Gasteiger partial charge on any atom is 0.141 e. The SMILES string of the molecule is Cc1ccc(-c2nc3c(C)cccc3[nH]2)c(F)c1. The molecule has 0 fully saturated rings. The Balaban J connectivity index is 2.23. The molecular formula is C15H13FN2. The molecule has 0 aliphatic rings. The fraction of sp³-hybridized carbons (Fsp3) is 0.133. The molecule has 0 aliphatic heterocycles. The highest BCUT2D eigenvalue weighted by molar-refractivity contribution is 5.82. The van der Waals surface area contributed by atoms with E-state index in [4.69, 9.17) is 0 Å². The Hall–Kier alpha value is -2.16. The molecule has 90 valence electrons. The Morgan fingerprint density at radius 3 is 2.67 bits per heavy atom. The summed E-state index contributed by atoms with van der Waals surface area (Å²) < 4.78 is 13.9. The molecule has 0 bridgehead atoms. The van der Waals surface area contributed by atoms with Gasteiger partial charge < -0.3 is 4.98 Å². The highest BCUT2D eigenvalue weighted by Crippen LogP contribution is 2.25. The molecule has 0 spiro atoms. The van der Waals surface area contributed by atoms with Gasteiger partial charge in [0.05, 0.1) is 16.6 Å². The van der Waals surface area contributed by atoms with Crippen LogP contribution in [0.25, 0.3) is 22.4 Å². The Bertz CT molecular complexity index is 728. The van der Waals surface area contributed by atoms with Gasteiger partial charge in [-0.05, 0) is 43.2 Å². The maximum atomic E-state index is 13.9. The first-order chi connectivity index (χ1) is 8.65. The summed E-state index contributed by atoms with van der Waals surface area (Å²) in [7, 11) is 0. The molecule has 1 heterocycles. The lowest BCUT2D eigenvalue weighted by molar-refractivity contribution is 0.629. The number of benzene rings is 2. The average molecular weight is 240 g/mol. The molecule has 0 aliphatic carbocycles. The van der Waals surface area contributed by atoms with Crippen LogP contribution in [0.15, 0.2) is 36.4 Å². The number of rotatable bonds is 1. The number of aromatic nitrogens is 2. The quantitative estimate of drug-likeness (QED) is 0.684. The van der Waals surface area contributed by atoms with Crippen molar-refractivity contribution < 1.29 is 4.39 Å². The zero-order chi connectivity index (χ0) is 12.7. The fourth-order valence-corrected chi connectivity index (χ4v) is 2.12. The van der Waals surface area contributed by atoms with Gasteiger partial charge in [0.15, 0.2) is 0 Å². The van der Waals surface area contributed by atoms with Gasteiger partial charge >= 0.3 is 0 Å². The molecule has 3 aromatic rings. The zero-order valence-corrected chi connectivity index (χ0v) is 10.3. The first-order valence-electron chi connectivity index (χ1n) is 5.87. The van der Waals surface area contributed by atoms with Crippen LogP contribution in [0.4, 0.5) is 4.39 Å². The molecule has 18 heavy (non-hydrogen) atoms. The van der Waals surface area contributed by atoms with E-state index >= 15 is 0 Å². The van der Waals surface area contributed by atoms with E-state index in [-0.39, 0.29) is 5.82 Å². The Morgan fingerprint density at radius 2 is 1.94 bits per heavy atom. The Labute approximate surface area is 104 Å². The van der Waals surface area contributed by atoms with E-state index in [9.17, 15) is 4.39 Å². The van der Waals surface area contributed by atoms with Gasteiger partial charge in [0, 0.05) is 0 Å². The van der Waals surface area contributed by atoms with Gasteiger partial charge in [-0.15, -0.1) is 0 Å². The van der Waals surface area contributed by atoms with Crippen molar-refractivity contribution in [3.05, 3.63) is 53.3 Å². The first kappa shape index (κ1) is 11.0. The minimum atomic E-state index is -0.244. The van der Waals surface area contributed by atoms with Gasteiger partial charge in [0.25, 0.3) is 0 Å². The topological polar surface area (TPSA) is 28.7 Å². The second-order valence-electron chi connectivity index (χ2n) is 4.54. The number of aryl methyl sites for hydroxylation is 2. The highest BCUT2D eigenvalue weighted by Gasteiger charge is 2.10. The number of nitrogens with one attached hydrogen (secondary N) is 1. The van der Waals surface area contributed by atoms with E-state index in [1.807, 2.05) is 38.1 Å². The van der Waals surface area contributed by atoms with Crippen molar-refractivity contribution in [3.63, 3.8) is 0 Å². The molecule has 0 atom stereocenters. The normalized spacial score (nSPS) is 11.1. The van der Waals surface area contributed by atoms with Gasteiger partial charge in [-0.1, -0.05) is 18.2 Å². The average Bonchev–Trinajstić information content (AvgIpc) is 2.74. The molecule has 3 rings (SSSR count). The largest absolute Gasteiger partial charge is 0.338 e. The van der Waals surface area contributed by atoms with Crippen LogP contribution in [-0.4, -0.2) is 9.97 Å². The lowest BCUT2D eigenvalue weighted by Gasteiger charge is -2.00. The maximum absolute atomic E-state index is 13.9. The number of halogens is 1. The van der Waals surface area contributed by atoms with Gasteiger partial charge in [0.2, 0.25) is 0 Å². The van der Waals surface area contributed by atoms with E-state index in [0.717, 1.165) is 22.2 Å². The number of fused-ring (bicyclic) bond motifs is 1. The van der Waals surface area contributed by atoms with Gasteiger partial charge in [-0.25, -0.2) is 9.37 Å². The summed E-state index contributed by atoms with van der Waals surface area (Å²) in [6.07, 6.45) is 0. The molecule has 0 radical (unpaired) electrons. The number of hydrogen-bond donors (Lipinski definition) is 1. The number of para-hydroxylation sites is 1. The van der Waals surface area contributed by atoms with E-state index < -0.39 is 0 Å². The highest BCUT2D eigenvalue weighted by atomic mass is 19.1. The summed E-state index contributed by atoms with van der Waals surface area (Å²) in [6, 6.07) is 11.1. The number of imidazole rings is 1. The lowest BCUT2D eigenvalue weighted by atomic mass is 10.1. The van der Waals surface area contributed by atoms with Crippen molar-refractivity contribution in [2.24, 2.45) is 0 Å². The Kier molecular flexibility index (Phi) is 2.40. The molecule has 0 unspecified atom stereocenters. The molecule has 2 nitrogen and oxygen atoms in total. The molecule has 0 saturated heterocycles. The zero-order valence-electron chi connectivity index (χ0n) is 10.3. The van der Waals surface area contributed by atoms with Crippen LogP contribution in [0.3, 0.4) is 0 Å². The number of H-pyrrole nitrogens is 1. The summed E-state index contributed by atoms with van der Waals surface area (Å²) in [5, 5.41) is 0. The van der Waals surface area contributed by atoms with Gasteiger partial charge in [0.1, 0.15) is 11.6 Å². The summed E-state index contributed by atoms with van der Waals surface area (Å²) in [6.45, 7) is 3.87. The van der Waals surface area contributed by atoms with Crippen molar-refractivity contribution >= 4 is 11.0 Å². The molecule has 0 saturated carbocycles. The van der Waals surface area contributed by atoms with E-state index in [1.165, 1.54) is 6.07 Å². The summed E-state index contributed by atoms with van der Waals surface area (Å²) in [4.78, 5) is 7.64. The van der Waals surface area contributed by atoms with Crippen molar-refractivity contribution in [3.8, 4) is 11.4 Å². The minimum absolute atomic E-state index is 0.244. The second kappa shape index (κ2) is 3.95. The number of hydrogen-bond acceptors (Lipinski definition) is 1. The predicted molar refractivity (Wildman–Crippen MR) is 71.0 cm³/mol. The smallest absolute Gasteiger partial charge is 0.141 e. The third kappa shape index (κ3) is 1.68. The van der Waals surface area contributed by atoms with E-state index in [0.29, 0.717) is 11.4 Å². The van der Waals surface area contributed by atoms with Crippen molar-refractivity contribution in [2.45, 2.75) is 13.8 Å². The molecule has 3 heteroatoms. The first-order valence-corrected chi connectivity index (χ1v) is 5.87. The summed E-state index contributed by atoms with van der Waals surface area (Å²) in [5.41, 5.74) is 4.33. The molecule has 1 aromatic heterocycles. The molecule has 0 amide bonds. The van der Waals surface area contributed by atoms with Gasteiger partial charge in [-0.3, -0.25) is 0 Å². The van der Waals surface area contributed by atoms with Crippen molar-refractivity contribution in [2.75, 3.05) is 0 Å². The van der Waals surface area contributed by atoms with Crippen LogP contribution in [0, 0.1) is 19.7 Å². The number of nitrogens with zero attached hydrogens (tertiary/aromatic N) is 1. The van der Waals surface area contributed by atoms with Crippen LogP contribution in [0.1, 0.15) is 11.1 Å². The predicted octanol–water partition coefficient (Wildman–Crippen LogP) is 3.99. The minimum Gasteiger partial charge on any atom is -0.338 e. The second-order valence-corrected chi connectivity index (χ2v) is 4.54. The van der Waals surface area contributed by atoms with E-state index in [2.05, 4.69) is 9.97 Å². The number of aromatic amines is 1. The van der Waals surface area contributed by atoms with Crippen LogP contribution in [-0.2, 0) is 0 Å². The lowest BCUT2D eigenvalue weighted by Crippen LogP contribution is -1.87.